The zero-order chi connectivity index (χ0) is 20.8. The molecule has 2 amide bonds. The van der Waals surface area contributed by atoms with Crippen LogP contribution in [-0.2, 0) is 21.7 Å². The molecule has 1 atom stereocenters. The van der Waals surface area contributed by atoms with E-state index in [0.717, 1.165) is 4.57 Å². The molecule has 27 heavy (non-hydrogen) atoms. The van der Waals surface area contributed by atoms with Crippen molar-refractivity contribution in [2.24, 2.45) is 5.41 Å². The normalized spacial score (nSPS) is 19.6. The van der Waals surface area contributed by atoms with Crippen LogP contribution < -0.4 is 21.9 Å². The Morgan fingerprint density at radius 3 is 2.26 bits per heavy atom. The number of amides is 2. The molecule has 1 aromatic heterocycles. The first-order valence-corrected chi connectivity index (χ1v) is 8.35. The quantitative estimate of drug-likeness (QED) is 0.717. The SMILES string of the molecule is CCCCn1c2c(c(=O)[nH]c1=O)[C@](NC(=O)C(C)(C)C)(C(F)(F)F)C(=O)N2. The van der Waals surface area contributed by atoms with Gasteiger partial charge in [-0.3, -0.25) is 23.9 Å². The van der Waals surface area contributed by atoms with E-state index in [-0.39, 0.29) is 6.54 Å². The Hall–Kier alpha value is -2.59. The summed E-state index contributed by atoms with van der Waals surface area (Å²) in [7, 11) is 0. The predicted octanol–water partition coefficient (Wildman–Crippen LogP) is 1.21. The number of nitrogens with zero attached hydrogens (tertiary/aromatic N) is 1. The van der Waals surface area contributed by atoms with Gasteiger partial charge in [0, 0.05) is 12.0 Å². The van der Waals surface area contributed by atoms with Gasteiger partial charge in [0.05, 0.1) is 0 Å². The van der Waals surface area contributed by atoms with Crippen molar-refractivity contribution in [3.63, 3.8) is 0 Å². The zero-order valence-electron chi connectivity index (χ0n) is 15.3. The summed E-state index contributed by atoms with van der Waals surface area (Å²) in [4.78, 5) is 50.9. The number of carbonyl (C=O) groups excluding carboxylic acids is 2. The lowest BCUT2D eigenvalue weighted by atomic mass is 9.88. The van der Waals surface area contributed by atoms with Crippen molar-refractivity contribution in [2.75, 3.05) is 5.32 Å². The van der Waals surface area contributed by atoms with E-state index in [9.17, 15) is 32.3 Å². The Bertz CT molecular complexity index is 895. The zero-order valence-corrected chi connectivity index (χ0v) is 15.3. The first-order chi connectivity index (χ1) is 12.3. The van der Waals surface area contributed by atoms with Gasteiger partial charge in [-0.2, -0.15) is 13.2 Å². The molecule has 1 aliphatic heterocycles. The monoisotopic (exact) mass is 390 g/mol. The van der Waals surface area contributed by atoms with Crippen LogP contribution in [0, 0.1) is 5.41 Å². The molecule has 1 aliphatic rings. The van der Waals surface area contributed by atoms with E-state index in [0.29, 0.717) is 12.8 Å². The molecular formula is C16H21F3N4O4. The van der Waals surface area contributed by atoms with Crippen molar-refractivity contribution in [2.45, 2.75) is 58.8 Å². The standard InChI is InChI=1S/C16H21F3N4O4/c1-5-6-7-23-9-8(10(24)21-13(23)27)15(12(26)20-9,16(17,18)19)22-11(25)14(2,3)4/h5-7H2,1-4H3,(H,20,26)(H,22,25)(H,21,24,27)/t15-/m1/s1. The number of carbonyl (C=O) groups is 2. The second-order valence-electron chi connectivity index (χ2n) is 7.39. The number of anilines is 1. The highest BCUT2D eigenvalue weighted by Gasteiger charge is 2.68. The minimum absolute atomic E-state index is 0.00409. The van der Waals surface area contributed by atoms with Gasteiger partial charge in [0.15, 0.2) is 0 Å². The first-order valence-electron chi connectivity index (χ1n) is 8.35. The van der Waals surface area contributed by atoms with Gasteiger partial charge in [0.25, 0.3) is 11.5 Å². The number of aromatic nitrogens is 2. The Morgan fingerprint density at radius 2 is 1.78 bits per heavy atom. The molecule has 0 bridgehead atoms. The summed E-state index contributed by atoms with van der Waals surface area (Å²) in [5.41, 5.74) is -8.19. The Morgan fingerprint density at radius 1 is 1.19 bits per heavy atom. The molecule has 0 unspecified atom stereocenters. The average molecular weight is 390 g/mol. The van der Waals surface area contributed by atoms with E-state index >= 15 is 0 Å². The average Bonchev–Trinajstić information content (AvgIpc) is 2.80. The van der Waals surface area contributed by atoms with Crippen LogP contribution in [0.1, 0.15) is 46.1 Å². The van der Waals surface area contributed by atoms with Crippen LogP contribution in [0.5, 0.6) is 0 Å². The first kappa shape index (κ1) is 20.7. The maximum atomic E-state index is 14.0. The van der Waals surface area contributed by atoms with Gasteiger partial charge in [-0.25, -0.2) is 4.79 Å². The maximum Gasteiger partial charge on any atom is 0.425 e. The van der Waals surface area contributed by atoms with Gasteiger partial charge in [-0.1, -0.05) is 34.1 Å². The van der Waals surface area contributed by atoms with Gasteiger partial charge >= 0.3 is 11.9 Å². The molecule has 2 heterocycles. The molecule has 0 aliphatic carbocycles. The molecule has 8 nitrogen and oxygen atoms in total. The molecule has 0 saturated heterocycles. The van der Waals surface area contributed by atoms with Crippen molar-refractivity contribution in [3.05, 3.63) is 26.4 Å². The highest BCUT2D eigenvalue weighted by atomic mass is 19.4. The minimum atomic E-state index is -5.32. The number of aromatic amines is 1. The van der Waals surface area contributed by atoms with Crippen molar-refractivity contribution in [3.8, 4) is 0 Å². The second-order valence-corrected chi connectivity index (χ2v) is 7.39. The summed E-state index contributed by atoms with van der Waals surface area (Å²) >= 11 is 0. The van der Waals surface area contributed by atoms with Crippen LogP contribution in [0.25, 0.3) is 0 Å². The summed E-state index contributed by atoms with van der Waals surface area (Å²) in [6.45, 7) is 5.90. The van der Waals surface area contributed by atoms with Gasteiger partial charge in [0.2, 0.25) is 11.4 Å². The fraction of sp³-hybridized carbons (Fsp3) is 0.625. The fourth-order valence-corrected chi connectivity index (χ4v) is 2.71. The number of fused-ring (bicyclic) bond motifs is 1. The fourth-order valence-electron chi connectivity index (χ4n) is 2.71. The van der Waals surface area contributed by atoms with E-state index in [1.54, 1.807) is 12.2 Å². The number of alkyl halides is 3. The summed E-state index contributed by atoms with van der Waals surface area (Å²) in [6, 6.07) is 0. The molecule has 1 aromatic rings. The lowest BCUT2D eigenvalue weighted by molar-refractivity contribution is -0.201. The van der Waals surface area contributed by atoms with Crippen LogP contribution in [0.3, 0.4) is 0 Å². The molecule has 0 fully saturated rings. The number of unbranched alkanes of at least 4 members (excludes halogenated alkanes) is 1. The van der Waals surface area contributed by atoms with Crippen LogP contribution >= 0.6 is 0 Å². The highest BCUT2D eigenvalue weighted by Crippen LogP contribution is 2.45. The van der Waals surface area contributed by atoms with Crippen LogP contribution in [0.4, 0.5) is 19.0 Å². The molecule has 11 heteroatoms. The van der Waals surface area contributed by atoms with E-state index in [4.69, 9.17) is 0 Å². The van der Waals surface area contributed by atoms with Crippen LogP contribution in [0.15, 0.2) is 9.59 Å². The van der Waals surface area contributed by atoms with Gasteiger partial charge in [-0.15, -0.1) is 0 Å². The minimum Gasteiger partial charge on any atom is -0.330 e. The second kappa shape index (κ2) is 6.54. The van der Waals surface area contributed by atoms with Crippen molar-refractivity contribution in [1.29, 1.82) is 0 Å². The molecule has 3 N–H and O–H groups in total. The number of rotatable bonds is 4. The third kappa shape index (κ3) is 3.26. The topological polar surface area (TPSA) is 113 Å². The van der Waals surface area contributed by atoms with Gasteiger partial charge in [0.1, 0.15) is 11.4 Å². The largest absolute Gasteiger partial charge is 0.425 e. The lowest BCUT2D eigenvalue weighted by Gasteiger charge is -2.32. The van der Waals surface area contributed by atoms with Crippen molar-refractivity contribution >= 4 is 17.6 Å². The van der Waals surface area contributed by atoms with Gasteiger partial charge < -0.3 is 10.6 Å². The van der Waals surface area contributed by atoms with Crippen molar-refractivity contribution < 1.29 is 22.8 Å². The third-order valence-corrected chi connectivity index (χ3v) is 4.29. The summed E-state index contributed by atoms with van der Waals surface area (Å²) < 4.78 is 43.0. The Kier molecular flexibility index (Phi) is 5.02. The highest BCUT2D eigenvalue weighted by molar-refractivity contribution is 6.07. The maximum absolute atomic E-state index is 14.0. The number of hydrogen-bond donors (Lipinski definition) is 3. The molecule has 0 aromatic carbocycles. The number of H-pyrrole nitrogens is 1. The van der Waals surface area contributed by atoms with E-state index in [1.807, 2.05) is 10.3 Å². The summed E-state index contributed by atoms with van der Waals surface area (Å²) in [6.07, 6.45) is -4.26. The third-order valence-electron chi connectivity index (χ3n) is 4.29. The lowest BCUT2D eigenvalue weighted by Crippen LogP contribution is -2.63. The summed E-state index contributed by atoms with van der Waals surface area (Å²) in [5.74, 6) is -3.26. The molecular weight excluding hydrogens is 369 g/mol. The van der Waals surface area contributed by atoms with Gasteiger partial charge in [-0.05, 0) is 6.42 Å². The Labute approximate surface area is 152 Å². The number of hydrogen-bond acceptors (Lipinski definition) is 4. The molecule has 0 radical (unpaired) electrons. The molecule has 0 saturated carbocycles. The number of halogens is 3. The molecule has 150 valence electrons. The number of nitrogens with one attached hydrogen (secondary N) is 3. The predicted molar refractivity (Wildman–Crippen MR) is 90.2 cm³/mol. The van der Waals surface area contributed by atoms with E-state index < -0.39 is 51.6 Å². The Balaban J connectivity index is 2.81. The van der Waals surface area contributed by atoms with Crippen LogP contribution in [-0.4, -0.2) is 27.5 Å². The van der Waals surface area contributed by atoms with E-state index in [2.05, 4.69) is 0 Å². The van der Waals surface area contributed by atoms with E-state index in [1.165, 1.54) is 20.8 Å². The molecule has 0 spiro atoms. The van der Waals surface area contributed by atoms with Crippen LogP contribution in [0.2, 0.25) is 0 Å². The smallest absolute Gasteiger partial charge is 0.330 e. The molecule has 2 rings (SSSR count). The summed E-state index contributed by atoms with van der Waals surface area (Å²) in [5, 5.41) is 3.69. The van der Waals surface area contributed by atoms with Crippen molar-refractivity contribution in [1.82, 2.24) is 14.9 Å².